The monoisotopic (exact) mass is 311 g/mol. The summed E-state index contributed by atoms with van der Waals surface area (Å²) in [6.07, 6.45) is 12.6. The zero-order chi connectivity index (χ0) is 15.3. The summed E-state index contributed by atoms with van der Waals surface area (Å²) in [6.45, 7) is 5.35. The fraction of sp³-hybridized carbons (Fsp3) is 0.765. The van der Waals surface area contributed by atoms with E-state index in [4.69, 9.17) is 11.6 Å². The lowest BCUT2D eigenvalue weighted by Gasteiger charge is -2.07. The van der Waals surface area contributed by atoms with Gasteiger partial charge in [0.05, 0.1) is 0 Å². The van der Waals surface area contributed by atoms with E-state index in [1.165, 1.54) is 51.4 Å². The van der Waals surface area contributed by atoms with Crippen molar-refractivity contribution in [3.8, 4) is 0 Å². The molecule has 3 nitrogen and oxygen atoms in total. The third kappa shape index (κ3) is 8.92. The fourth-order valence-electron chi connectivity index (χ4n) is 2.37. The van der Waals surface area contributed by atoms with Crippen molar-refractivity contribution < 1.29 is 0 Å². The Morgan fingerprint density at radius 2 is 1.57 bits per heavy atom. The molecule has 0 unspecified atom stereocenters. The first-order valence-corrected chi connectivity index (χ1v) is 8.91. The van der Waals surface area contributed by atoms with Gasteiger partial charge in [0.2, 0.25) is 0 Å². The number of nitrogens with one attached hydrogen (secondary N) is 1. The van der Waals surface area contributed by atoms with E-state index in [1.54, 1.807) is 0 Å². The first-order chi connectivity index (χ1) is 10.3. The molecule has 0 aromatic carbocycles. The molecule has 0 saturated heterocycles. The van der Waals surface area contributed by atoms with E-state index in [1.807, 2.05) is 6.07 Å². The van der Waals surface area contributed by atoms with Crippen molar-refractivity contribution in [2.24, 2.45) is 0 Å². The summed E-state index contributed by atoms with van der Waals surface area (Å²) in [5, 5.41) is 3.89. The fourth-order valence-corrected chi connectivity index (χ4v) is 2.57. The lowest BCUT2D eigenvalue weighted by atomic mass is 10.1. The van der Waals surface area contributed by atoms with Gasteiger partial charge >= 0.3 is 0 Å². The van der Waals surface area contributed by atoms with Gasteiger partial charge in [0.1, 0.15) is 16.8 Å². The first-order valence-electron chi connectivity index (χ1n) is 8.53. The van der Waals surface area contributed by atoms with E-state index in [0.717, 1.165) is 31.0 Å². The third-order valence-electron chi connectivity index (χ3n) is 3.55. The van der Waals surface area contributed by atoms with Gasteiger partial charge in [-0.15, -0.1) is 0 Å². The molecular weight excluding hydrogens is 282 g/mol. The van der Waals surface area contributed by atoms with Gasteiger partial charge in [-0.3, -0.25) is 0 Å². The summed E-state index contributed by atoms with van der Waals surface area (Å²) in [4.78, 5) is 8.72. The number of aromatic nitrogens is 2. The minimum Gasteiger partial charge on any atom is -0.370 e. The van der Waals surface area contributed by atoms with Crippen LogP contribution in [0.4, 0.5) is 5.82 Å². The van der Waals surface area contributed by atoms with E-state index < -0.39 is 0 Å². The van der Waals surface area contributed by atoms with Crippen LogP contribution in [0, 0.1) is 0 Å². The Labute approximate surface area is 134 Å². The third-order valence-corrected chi connectivity index (χ3v) is 3.74. The van der Waals surface area contributed by atoms with Crippen LogP contribution in [0.1, 0.15) is 77.5 Å². The number of hydrogen-bond acceptors (Lipinski definition) is 3. The molecule has 1 aromatic heterocycles. The standard InChI is InChI=1S/C17H30ClN3/c1-3-5-6-7-8-9-10-11-13-19-17-14-15(18)20-16(21-17)12-4-2/h14H,3-13H2,1-2H3,(H,19,20,21). The predicted molar refractivity (Wildman–Crippen MR) is 92.1 cm³/mol. The molecule has 4 heteroatoms. The van der Waals surface area contributed by atoms with Crippen molar-refractivity contribution >= 4 is 17.4 Å². The Bertz CT molecular complexity index is 382. The number of rotatable bonds is 12. The van der Waals surface area contributed by atoms with E-state index in [-0.39, 0.29) is 0 Å². The molecule has 0 bridgehead atoms. The zero-order valence-electron chi connectivity index (χ0n) is 13.6. The number of hydrogen-bond donors (Lipinski definition) is 1. The van der Waals surface area contributed by atoms with Gasteiger partial charge in [0.25, 0.3) is 0 Å². The number of aryl methyl sites for hydroxylation is 1. The highest BCUT2D eigenvalue weighted by Gasteiger charge is 2.02. The van der Waals surface area contributed by atoms with Crippen LogP contribution >= 0.6 is 11.6 Å². The lowest BCUT2D eigenvalue weighted by molar-refractivity contribution is 0.581. The average molecular weight is 312 g/mol. The number of halogens is 1. The summed E-state index contributed by atoms with van der Waals surface area (Å²) in [7, 11) is 0. The molecule has 21 heavy (non-hydrogen) atoms. The molecule has 0 radical (unpaired) electrons. The first kappa shape index (κ1) is 18.2. The highest BCUT2D eigenvalue weighted by Crippen LogP contribution is 2.13. The van der Waals surface area contributed by atoms with Crippen LogP contribution in [0.15, 0.2) is 6.07 Å². The molecule has 1 rings (SSSR count). The maximum atomic E-state index is 6.02. The molecule has 0 atom stereocenters. The van der Waals surface area contributed by atoms with Crippen LogP contribution in [-0.2, 0) is 6.42 Å². The van der Waals surface area contributed by atoms with Gasteiger partial charge in [0.15, 0.2) is 0 Å². The average Bonchev–Trinajstić information content (AvgIpc) is 2.45. The maximum absolute atomic E-state index is 6.02. The topological polar surface area (TPSA) is 37.8 Å². The Balaban J connectivity index is 2.12. The number of unbranched alkanes of at least 4 members (excludes halogenated alkanes) is 7. The molecule has 0 aliphatic heterocycles. The Hall–Kier alpha value is -0.830. The van der Waals surface area contributed by atoms with Gasteiger partial charge in [-0.25, -0.2) is 9.97 Å². The van der Waals surface area contributed by atoms with Gasteiger partial charge in [-0.1, -0.05) is 70.4 Å². The van der Waals surface area contributed by atoms with E-state index in [9.17, 15) is 0 Å². The zero-order valence-corrected chi connectivity index (χ0v) is 14.4. The minimum atomic E-state index is 0.534. The van der Waals surface area contributed by atoms with Gasteiger partial charge in [-0.2, -0.15) is 0 Å². The molecule has 0 fully saturated rings. The van der Waals surface area contributed by atoms with Crippen LogP contribution in [0.3, 0.4) is 0 Å². The smallest absolute Gasteiger partial charge is 0.134 e. The molecule has 0 aliphatic carbocycles. The van der Waals surface area contributed by atoms with Crippen LogP contribution in [-0.4, -0.2) is 16.5 Å². The Morgan fingerprint density at radius 1 is 0.905 bits per heavy atom. The van der Waals surface area contributed by atoms with Crippen LogP contribution in [0.2, 0.25) is 5.15 Å². The van der Waals surface area contributed by atoms with Crippen molar-refractivity contribution in [3.63, 3.8) is 0 Å². The molecule has 0 amide bonds. The maximum Gasteiger partial charge on any atom is 0.134 e. The normalized spacial score (nSPS) is 10.8. The predicted octanol–water partition coefficient (Wildman–Crippen LogP) is 5.64. The molecule has 1 aromatic rings. The SMILES string of the molecule is CCCCCCCCCCNc1cc(Cl)nc(CCC)n1. The summed E-state index contributed by atoms with van der Waals surface area (Å²) in [6, 6.07) is 1.81. The molecule has 1 heterocycles. The molecule has 0 saturated carbocycles. The highest BCUT2D eigenvalue weighted by atomic mass is 35.5. The van der Waals surface area contributed by atoms with Crippen molar-refractivity contribution in [1.82, 2.24) is 9.97 Å². The molecular formula is C17H30ClN3. The van der Waals surface area contributed by atoms with Crippen LogP contribution < -0.4 is 5.32 Å². The van der Waals surface area contributed by atoms with Gasteiger partial charge in [-0.05, 0) is 12.8 Å². The second-order valence-electron chi connectivity index (χ2n) is 5.64. The summed E-state index contributed by atoms with van der Waals surface area (Å²) < 4.78 is 0. The van der Waals surface area contributed by atoms with Crippen molar-refractivity contribution in [2.45, 2.75) is 78.1 Å². The Morgan fingerprint density at radius 3 is 2.24 bits per heavy atom. The van der Waals surface area contributed by atoms with Crippen molar-refractivity contribution in [3.05, 3.63) is 17.0 Å². The van der Waals surface area contributed by atoms with Crippen molar-refractivity contribution in [2.75, 3.05) is 11.9 Å². The summed E-state index contributed by atoms with van der Waals surface area (Å²) in [5.74, 6) is 1.70. The largest absolute Gasteiger partial charge is 0.370 e. The van der Waals surface area contributed by atoms with Crippen LogP contribution in [0.5, 0.6) is 0 Å². The quantitative estimate of drug-likeness (QED) is 0.401. The van der Waals surface area contributed by atoms with Gasteiger partial charge < -0.3 is 5.32 Å². The number of nitrogens with zero attached hydrogens (tertiary/aromatic N) is 2. The molecule has 1 N–H and O–H groups in total. The molecule has 0 spiro atoms. The van der Waals surface area contributed by atoms with E-state index in [0.29, 0.717) is 5.15 Å². The molecule has 0 aliphatic rings. The van der Waals surface area contributed by atoms with E-state index >= 15 is 0 Å². The lowest BCUT2D eigenvalue weighted by Crippen LogP contribution is -2.06. The second kappa shape index (κ2) is 11.8. The molecule has 120 valence electrons. The van der Waals surface area contributed by atoms with E-state index in [2.05, 4.69) is 29.1 Å². The number of anilines is 1. The second-order valence-corrected chi connectivity index (χ2v) is 6.03. The van der Waals surface area contributed by atoms with Crippen molar-refractivity contribution in [1.29, 1.82) is 0 Å². The summed E-state index contributed by atoms with van der Waals surface area (Å²) in [5.41, 5.74) is 0. The minimum absolute atomic E-state index is 0.534. The van der Waals surface area contributed by atoms with Crippen LogP contribution in [0.25, 0.3) is 0 Å². The summed E-state index contributed by atoms with van der Waals surface area (Å²) >= 11 is 6.02. The highest BCUT2D eigenvalue weighted by molar-refractivity contribution is 6.29. The Kier molecular flexibility index (Phi) is 10.2. The van der Waals surface area contributed by atoms with Gasteiger partial charge in [0, 0.05) is 19.0 Å².